The van der Waals surface area contributed by atoms with Gasteiger partial charge >= 0.3 is 0 Å². The lowest BCUT2D eigenvalue weighted by Gasteiger charge is -2.44. The lowest BCUT2D eigenvalue weighted by molar-refractivity contribution is -0.126. The topological polar surface area (TPSA) is 32.7 Å². The summed E-state index contributed by atoms with van der Waals surface area (Å²) in [5, 5.41) is 10.3. The quantitative estimate of drug-likeness (QED) is 0.857. The lowest BCUT2D eigenvalue weighted by Crippen LogP contribution is -2.49. The van der Waals surface area contributed by atoms with Crippen LogP contribution in [0.1, 0.15) is 49.5 Å². The molecule has 3 nitrogen and oxygen atoms in total. The SMILES string of the molecule is Cc1ccccc1C(O)OC[C@@H]1CCCN2CCCC[C@H]12.Cl. The molecule has 1 unspecified atom stereocenters. The molecule has 0 amide bonds. The number of hydrogen-bond acceptors (Lipinski definition) is 3. The van der Waals surface area contributed by atoms with Gasteiger partial charge in [-0.2, -0.15) is 0 Å². The van der Waals surface area contributed by atoms with Gasteiger partial charge in [0.15, 0.2) is 6.29 Å². The number of hydrogen-bond donors (Lipinski definition) is 1. The van der Waals surface area contributed by atoms with Gasteiger partial charge in [0.05, 0.1) is 6.61 Å². The third-order valence-corrected chi connectivity index (χ3v) is 5.15. The van der Waals surface area contributed by atoms with Crippen LogP contribution in [0.3, 0.4) is 0 Å². The minimum absolute atomic E-state index is 0. The summed E-state index contributed by atoms with van der Waals surface area (Å²) >= 11 is 0. The fourth-order valence-electron chi connectivity index (χ4n) is 3.94. The molecule has 2 heterocycles. The molecule has 0 bridgehead atoms. The van der Waals surface area contributed by atoms with Crippen LogP contribution < -0.4 is 0 Å². The maximum Gasteiger partial charge on any atom is 0.181 e. The Hall–Kier alpha value is -0.610. The van der Waals surface area contributed by atoms with Gasteiger partial charge in [-0.25, -0.2) is 0 Å². The molecule has 2 aliphatic rings. The van der Waals surface area contributed by atoms with Crippen molar-refractivity contribution in [3.63, 3.8) is 0 Å². The number of halogens is 1. The van der Waals surface area contributed by atoms with E-state index in [2.05, 4.69) is 4.90 Å². The van der Waals surface area contributed by atoms with Crippen LogP contribution >= 0.6 is 12.4 Å². The molecule has 2 saturated heterocycles. The first-order valence-electron chi connectivity index (χ1n) is 8.35. The minimum atomic E-state index is -0.787. The molecular formula is C18H28ClNO2. The molecule has 2 aliphatic heterocycles. The van der Waals surface area contributed by atoms with Crippen molar-refractivity contribution in [3.8, 4) is 0 Å². The van der Waals surface area contributed by atoms with Crippen molar-refractivity contribution >= 4 is 12.4 Å². The molecule has 0 saturated carbocycles. The highest BCUT2D eigenvalue weighted by molar-refractivity contribution is 5.85. The summed E-state index contributed by atoms with van der Waals surface area (Å²) in [7, 11) is 0. The maximum absolute atomic E-state index is 10.3. The number of fused-ring (bicyclic) bond motifs is 1. The van der Waals surface area contributed by atoms with E-state index in [0.29, 0.717) is 18.6 Å². The van der Waals surface area contributed by atoms with Crippen LogP contribution in [0.5, 0.6) is 0 Å². The lowest BCUT2D eigenvalue weighted by atomic mass is 9.84. The predicted octanol–water partition coefficient (Wildman–Crippen LogP) is 3.69. The van der Waals surface area contributed by atoms with Crippen molar-refractivity contribution in [2.75, 3.05) is 19.7 Å². The molecule has 0 aromatic heterocycles. The van der Waals surface area contributed by atoms with Gasteiger partial charge in [-0.05, 0) is 57.2 Å². The molecular weight excluding hydrogens is 298 g/mol. The zero-order valence-corrected chi connectivity index (χ0v) is 14.2. The van der Waals surface area contributed by atoms with E-state index in [9.17, 15) is 5.11 Å². The Morgan fingerprint density at radius 2 is 1.95 bits per heavy atom. The summed E-state index contributed by atoms with van der Waals surface area (Å²) in [4.78, 5) is 2.64. The minimum Gasteiger partial charge on any atom is -0.364 e. The van der Waals surface area contributed by atoms with E-state index in [1.165, 1.54) is 45.2 Å². The molecule has 0 radical (unpaired) electrons. The van der Waals surface area contributed by atoms with E-state index in [4.69, 9.17) is 4.74 Å². The number of aliphatic hydroxyl groups excluding tert-OH is 1. The Balaban J connectivity index is 0.00000176. The van der Waals surface area contributed by atoms with Crippen molar-refractivity contribution in [2.45, 2.75) is 51.4 Å². The van der Waals surface area contributed by atoms with Crippen LogP contribution in [0.15, 0.2) is 24.3 Å². The number of benzene rings is 1. The second-order valence-corrected chi connectivity index (χ2v) is 6.54. The number of rotatable bonds is 4. The summed E-state index contributed by atoms with van der Waals surface area (Å²) in [5.74, 6) is 0.581. The average Bonchev–Trinajstić information content (AvgIpc) is 2.53. The van der Waals surface area contributed by atoms with Crippen molar-refractivity contribution in [1.82, 2.24) is 4.90 Å². The predicted molar refractivity (Wildman–Crippen MR) is 91.3 cm³/mol. The second kappa shape index (κ2) is 8.30. The van der Waals surface area contributed by atoms with Gasteiger partial charge < -0.3 is 14.7 Å². The van der Waals surface area contributed by atoms with Gasteiger partial charge in [-0.3, -0.25) is 0 Å². The van der Waals surface area contributed by atoms with E-state index in [-0.39, 0.29) is 12.4 Å². The first kappa shape index (κ1) is 17.7. The van der Waals surface area contributed by atoms with Crippen molar-refractivity contribution in [3.05, 3.63) is 35.4 Å². The zero-order valence-electron chi connectivity index (χ0n) is 13.4. The van der Waals surface area contributed by atoms with E-state index in [1.54, 1.807) is 0 Å². The molecule has 124 valence electrons. The van der Waals surface area contributed by atoms with Crippen LogP contribution in [0.4, 0.5) is 0 Å². The number of nitrogens with zero attached hydrogens (tertiary/aromatic N) is 1. The van der Waals surface area contributed by atoms with E-state index < -0.39 is 6.29 Å². The van der Waals surface area contributed by atoms with Crippen LogP contribution in [0.2, 0.25) is 0 Å². The van der Waals surface area contributed by atoms with Crippen LogP contribution in [-0.2, 0) is 4.74 Å². The van der Waals surface area contributed by atoms with E-state index >= 15 is 0 Å². The van der Waals surface area contributed by atoms with Crippen LogP contribution in [0.25, 0.3) is 0 Å². The largest absolute Gasteiger partial charge is 0.364 e. The third kappa shape index (κ3) is 4.02. The molecule has 3 atom stereocenters. The normalized spacial score (nSPS) is 26.8. The van der Waals surface area contributed by atoms with Crippen molar-refractivity contribution < 1.29 is 9.84 Å². The highest BCUT2D eigenvalue weighted by atomic mass is 35.5. The molecule has 1 N–H and O–H groups in total. The first-order chi connectivity index (χ1) is 10.3. The summed E-state index contributed by atoms with van der Waals surface area (Å²) in [6.07, 6.45) is 5.71. The molecule has 2 fully saturated rings. The van der Waals surface area contributed by atoms with Crippen molar-refractivity contribution in [1.29, 1.82) is 0 Å². The van der Waals surface area contributed by atoms with Gasteiger partial charge in [0, 0.05) is 11.6 Å². The Kier molecular flexibility index (Phi) is 6.69. The van der Waals surface area contributed by atoms with Crippen LogP contribution in [-0.4, -0.2) is 35.7 Å². The molecule has 22 heavy (non-hydrogen) atoms. The summed E-state index contributed by atoms with van der Waals surface area (Å²) in [6.45, 7) is 5.20. The first-order valence-corrected chi connectivity index (χ1v) is 8.35. The molecule has 1 aromatic rings. The highest BCUT2D eigenvalue weighted by Gasteiger charge is 2.33. The monoisotopic (exact) mass is 325 g/mol. The summed E-state index contributed by atoms with van der Waals surface area (Å²) < 4.78 is 5.83. The van der Waals surface area contributed by atoms with Crippen LogP contribution in [0, 0.1) is 12.8 Å². The number of piperidine rings is 2. The van der Waals surface area contributed by atoms with Gasteiger partial charge in [-0.1, -0.05) is 30.7 Å². The maximum atomic E-state index is 10.3. The fraction of sp³-hybridized carbons (Fsp3) is 0.667. The molecule has 0 aliphatic carbocycles. The Morgan fingerprint density at radius 3 is 2.77 bits per heavy atom. The Morgan fingerprint density at radius 1 is 1.18 bits per heavy atom. The highest BCUT2D eigenvalue weighted by Crippen LogP contribution is 2.32. The smallest absolute Gasteiger partial charge is 0.181 e. The van der Waals surface area contributed by atoms with E-state index in [1.807, 2.05) is 31.2 Å². The standard InChI is InChI=1S/C18H27NO2.ClH/c1-14-7-2-3-9-16(14)18(20)21-13-15-8-6-12-19-11-5-4-10-17(15)19;/h2-3,7,9,15,17-18,20H,4-6,8,10-13H2,1H3;1H/t15-,17+,18?;/m0./s1. The Bertz CT molecular complexity index is 466. The summed E-state index contributed by atoms with van der Waals surface area (Å²) in [5.41, 5.74) is 1.99. The molecule has 0 spiro atoms. The van der Waals surface area contributed by atoms with E-state index in [0.717, 1.165) is 11.1 Å². The van der Waals surface area contributed by atoms with Gasteiger partial charge in [-0.15, -0.1) is 12.4 Å². The molecule has 1 aromatic carbocycles. The van der Waals surface area contributed by atoms with Crippen molar-refractivity contribution in [2.24, 2.45) is 5.92 Å². The fourth-order valence-corrected chi connectivity index (χ4v) is 3.94. The van der Waals surface area contributed by atoms with Gasteiger partial charge in [0.1, 0.15) is 0 Å². The number of aliphatic hydroxyl groups is 1. The summed E-state index contributed by atoms with van der Waals surface area (Å²) in [6, 6.07) is 8.60. The Labute approximate surface area is 140 Å². The number of ether oxygens (including phenoxy) is 1. The zero-order chi connectivity index (χ0) is 14.7. The van der Waals surface area contributed by atoms with Gasteiger partial charge in [0.25, 0.3) is 0 Å². The third-order valence-electron chi connectivity index (χ3n) is 5.15. The second-order valence-electron chi connectivity index (χ2n) is 6.54. The van der Waals surface area contributed by atoms with Gasteiger partial charge in [0.2, 0.25) is 0 Å². The average molecular weight is 326 g/mol. The number of aryl methyl sites for hydroxylation is 1. The molecule has 3 rings (SSSR count). The molecule has 4 heteroatoms.